The average Bonchev–Trinajstić information content (AvgIpc) is 3.03. The van der Waals surface area contributed by atoms with Crippen LogP contribution in [0.3, 0.4) is 0 Å². The molecule has 0 radical (unpaired) electrons. The van der Waals surface area contributed by atoms with Gasteiger partial charge in [0.25, 0.3) is 5.91 Å². The van der Waals surface area contributed by atoms with E-state index in [9.17, 15) is 13.2 Å². The van der Waals surface area contributed by atoms with Gasteiger partial charge in [0.15, 0.2) is 0 Å². The normalized spacial score (nSPS) is 11.9. The van der Waals surface area contributed by atoms with Crippen LogP contribution >= 0.6 is 0 Å². The second-order valence-corrected chi connectivity index (χ2v) is 8.67. The molecule has 8 heteroatoms. The van der Waals surface area contributed by atoms with Crippen molar-refractivity contribution in [2.45, 2.75) is 18.2 Å². The first-order valence-electron chi connectivity index (χ1n) is 8.52. The van der Waals surface area contributed by atoms with Gasteiger partial charge in [-0.05, 0) is 48.9 Å². The molecule has 1 amide bonds. The Morgan fingerprint density at radius 2 is 1.89 bits per heavy atom. The van der Waals surface area contributed by atoms with Crippen molar-refractivity contribution >= 4 is 21.6 Å². The quantitative estimate of drug-likeness (QED) is 0.701. The molecule has 142 valence electrons. The van der Waals surface area contributed by atoms with Gasteiger partial charge < -0.3 is 9.72 Å². The third-order valence-corrected chi connectivity index (χ3v) is 6.06. The highest BCUT2D eigenvalue weighted by Crippen LogP contribution is 2.14. The summed E-state index contributed by atoms with van der Waals surface area (Å²) in [7, 11) is -0.560. The van der Waals surface area contributed by atoms with E-state index in [4.69, 9.17) is 0 Å². The van der Waals surface area contributed by atoms with Crippen LogP contribution in [0.1, 0.15) is 21.6 Å². The van der Waals surface area contributed by atoms with Crippen LogP contribution in [-0.2, 0) is 16.4 Å². The Morgan fingerprint density at radius 3 is 2.56 bits per heavy atom. The highest BCUT2D eigenvalue weighted by molar-refractivity contribution is 7.89. The predicted molar refractivity (Wildman–Crippen MR) is 103 cm³/mol. The van der Waals surface area contributed by atoms with E-state index in [2.05, 4.69) is 10.3 Å². The molecule has 0 spiro atoms. The molecule has 0 aliphatic heterocycles. The first-order valence-corrected chi connectivity index (χ1v) is 9.96. The molecule has 0 saturated carbocycles. The van der Waals surface area contributed by atoms with Crippen LogP contribution < -0.4 is 5.32 Å². The van der Waals surface area contributed by atoms with E-state index in [1.54, 1.807) is 0 Å². The number of carbonyl (C=O) groups excluding carboxylic acids is 1. The molecular weight excluding hydrogens is 364 g/mol. The maximum atomic E-state index is 12.2. The molecule has 0 unspecified atom stereocenters. The predicted octanol–water partition coefficient (Wildman–Crippen LogP) is 1.87. The average molecular weight is 386 g/mol. The smallest absolute Gasteiger partial charge is 0.251 e. The molecule has 1 N–H and O–H groups in total. The van der Waals surface area contributed by atoms with Crippen LogP contribution in [0, 0.1) is 6.92 Å². The first-order chi connectivity index (χ1) is 12.8. The lowest BCUT2D eigenvalue weighted by atomic mass is 10.2. The summed E-state index contributed by atoms with van der Waals surface area (Å²) in [6, 6.07) is 9.92. The molecule has 0 aliphatic rings. The van der Waals surface area contributed by atoms with Crippen molar-refractivity contribution in [2.75, 3.05) is 20.6 Å². The lowest BCUT2D eigenvalue weighted by Gasteiger charge is -2.11. The molecule has 7 nitrogen and oxygen atoms in total. The number of aromatic nitrogens is 2. The Labute approximate surface area is 158 Å². The Morgan fingerprint density at radius 1 is 1.19 bits per heavy atom. The number of sulfonamides is 1. The number of hydrogen-bond donors (Lipinski definition) is 1. The van der Waals surface area contributed by atoms with Gasteiger partial charge >= 0.3 is 0 Å². The number of aryl methyl sites for hydroxylation is 1. The third kappa shape index (κ3) is 4.17. The summed E-state index contributed by atoms with van der Waals surface area (Å²) in [5.41, 5.74) is 3.34. The van der Waals surface area contributed by atoms with E-state index in [0.717, 1.165) is 21.2 Å². The van der Waals surface area contributed by atoms with Gasteiger partial charge in [-0.1, -0.05) is 0 Å². The summed E-state index contributed by atoms with van der Waals surface area (Å²) in [5.74, 6) is -0.247. The minimum atomic E-state index is -3.50. The van der Waals surface area contributed by atoms with Crippen molar-refractivity contribution in [3.8, 4) is 0 Å². The number of carbonyl (C=O) groups is 1. The maximum Gasteiger partial charge on any atom is 0.251 e. The first kappa shape index (κ1) is 19.1. The van der Waals surface area contributed by atoms with Gasteiger partial charge in [0.05, 0.1) is 10.6 Å². The number of hydrogen-bond acceptors (Lipinski definition) is 4. The van der Waals surface area contributed by atoms with E-state index in [0.29, 0.717) is 18.5 Å². The van der Waals surface area contributed by atoms with E-state index >= 15 is 0 Å². The molecule has 0 saturated heterocycles. The van der Waals surface area contributed by atoms with Crippen LogP contribution in [0.2, 0.25) is 0 Å². The summed E-state index contributed by atoms with van der Waals surface area (Å²) >= 11 is 0. The van der Waals surface area contributed by atoms with Gasteiger partial charge in [-0.15, -0.1) is 0 Å². The van der Waals surface area contributed by atoms with Gasteiger partial charge in [0, 0.05) is 45.0 Å². The van der Waals surface area contributed by atoms with E-state index in [-0.39, 0.29) is 10.8 Å². The fraction of sp³-hybridized carbons (Fsp3) is 0.263. The van der Waals surface area contributed by atoms with Gasteiger partial charge in [0.2, 0.25) is 10.0 Å². The van der Waals surface area contributed by atoms with Crippen molar-refractivity contribution in [3.05, 3.63) is 65.6 Å². The van der Waals surface area contributed by atoms with Gasteiger partial charge in [-0.3, -0.25) is 4.79 Å². The Bertz CT molecular complexity index is 1070. The minimum absolute atomic E-state index is 0.157. The molecule has 1 aromatic carbocycles. The van der Waals surface area contributed by atoms with Gasteiger partial charge in [0.1, 0.15) is 5.65 Å². The molecular formula is C19H22N4O3S. The molecule has 0 bridgehead atoms. The van der Waals surface area contributed by atoms with Crippen molar-refractivity contribution < 1.29 is 13.2 Å². The molecule has 0 fully saturated rings. The Hall–Kier alpha value is -2.71. The van der Waals surface area contributed by atoms with Crippen molar-refractivity contribution in [1.29, 1.82) is 0 Å². The summed E-state index contributed by atoms with van der Waals surface area (Å²) in [4.78, 5) is 16.9. The molecule has 0 aliphatic carbocycles. The van der Waals surface area contributed by atoms with E-state index in [1.807, 2.05) is 35.9 Å². The van der Waals surface area contributed by atoms with Gasteiger partial charge in [-0.25, -0.2) is 17.7 Å². The molecule has 2 aromatic heterocycles. The Balaban J connectivity index is 1.60. The topological polar surface area (TPSA) is 83.8 Å². The second-order valence-electron chi connectivity index (χ2n) is 6.52. The SMILES string of the molecule is Cc1ccn2cc(CCNC(=O)c3ccc(S(=O)(=O)N(C)C)cc3)nc2c1. The zero-order valence-electron chi connectivity index (χ0n) is 15.5. The zero-order chi connectivity index (χ0) is 19.6. The second kappa shape index (κ2) is 7.50. The lowest BCUT2D eigenvalue weighted by molar-refractivity contribution is 0.0954. The van der Waals surface area contributed by atoms with Crippen LogP contribution in [0.15, 0.2) is 53.7 Å². The highest BCUT2D eigenvalue weighted by atomic mass is 32.2. The molecule has 27 heavy (non-hydrogen) atoms. The van der Waals surface area contributed by atoms with Crippen LogP contribution in [0.4, 0.5) is 0 Å². The molecule has 0 atom stereocenters. The summed E-state index contributed by atoms with van der Waals surface area (Å²) in [5, 5.41) is 2.84. The maximum absolute atomic E-state index is 12.2. The molecule has 2 heterocycles. The fourth-order valence-electron chi connectivity index (χ4n) is 2.65. The van der Waals surface area contributed by atoms with E-state index in [1.165, 1.54) is 38.4 Å². The minimum Gasteiger partial charge on any atom is -0.352 e. The van der Waals surface area contributed by atoms with Crippen molar-refractivity contribution in [3.63, 3.8) is 0 Å². The standard InChI is InChI=1S/C19H22N4O3S/c1-14-9-11-23-13-16(21-18(23)12-14)8-10-20-19(24)15-4-6-17(7-5-15)27(25,26)22(2)3/h4-7,9,11-13H,8,10H2,1-3H3,(H,20,24). The fourth-order valence-corrected chi connectivity index (χ4v) is 3.55. The zero-order valence-corrected chi connectivity index (χ0v) is 16.3. The number of pyridine rings is 1. The Kier molecular flexibility index (Phi) is 5.29. The summed E-state index contributed by atoms with van der Waals surface area (Å²) in [6.07, 6.45) is 4.52. The number of benzene rings is 1. The number of imidazole rings is 1. The number of amides is 1. The lowest BCUT2D eigenvalue weighted by Crippen LogP contribution is -2.26. The number of nitrogens with zero attached hydrogens (tertiary/aromatic N) is 3. The summed E-state index contributed by atoms with van der Waals surface area (Å²) in [6.45, 7) is 2.46. The molecule has 3 aromatic rings. The number of fused-ring (bicyclic) bond motifs is 1. The number of rotatable bonds is 6. The van der Waals surface area contributed by atoms with Gasteiger partial charge in [-0.2, -0.15) is 0 Å². The summed E-state index contributed by atoms with van der Waals surface area (Å²) < 4.78 is 27.2. The van der Waals surface area contributed by atoms with Crippen LogP contribution in [0.25, 0.3) is 5.65 Å². The largest absolute Gasteiger partial charge is 0.352 e. The third-order valence-electron chi connectivity index (χ3n) is 4.23. The van der Waals surface area contributed by atoms with Crippen LogP contribution in [0.5, 0.6) is 0 Å². The van der Waals surface area contributed by atoms with Crippen molar-refractivity contribution in [1.82, 2.24) is 19.0 Å². The van der Waals surface area contributed by atoms with Crippen LogP contribution in [-0.4, -0.2) is 48.7 Å². The number of nitrogens with one attached hydrogen (secondary N) is 1. The van der Waals surface area contributed by atoms with E-state index < -0.39 is 10.0 Å². The highest BCUT2D eigenvalue weighted by Gasteiger charge is 2.17. The van der Waals surface area contributed by atoms with Crippen molar-refractivity contribution in [2.24, 2.45) is 0 Å². The molecule has 3 rings (SSSR count). The monoisotopic (exact) mass is 386 g/mol.